The van der Waals surface area contributed by atoms with E-state index in [0.717, 1.165) is 12.0 Å². The first kappa shape index (κ1) is 22.2. The molecular formula is C26H27FN2O2. The molecule has 1 unspecified atom stereocenters. The van der Waals surface area contributed by atoms with Gasteiger partial charge in [0.2, 0.25) is 5.91 Å². The van der Waals surface area contributed by atoms with Gasteiger partial charge in [0.15, 0.2) is 0 Å². The van der Waals surface area contributed by atoms with E-state index in [1.54, 1.807) is 24.3 Å². The van der Waals surface area contributed by atoms with E-state index in [4.69, 9.17) is 0 Å². The van der Waals surface area contributed by atoms with Crippen molar-refractivity contribution in [3.8, 4) is 0 Å². The molecule has 0 bridgehead atoms. The highest BCUT2D eigenvalue weighted by molar-refractivity contribution is 6.05. The third-order valence-corrected chi connectivity index (χ3v) is 5.01. The molecule has 3 rings (SSSR count). The van der Waals surface area contributed by atoms with Crippen LogP contribution >= 0.6 is 0 Å². The van der Waals surface area contributed by atoms with Crippen molar-refractivity contribution in [1.82, 2.24) is 0 Å². The van der Waals surface area contributed by atoms with Gasteiger partial charge in [-0.1, -0.05) is 44.2 Å². The van der Waals surface area contributed by atoms with Gasteiger partial charge in [0, 0.05) is 16.9 Å². The topological polar surface area (TPSA) is 58.2 Å². The zero-order chi connectivity index (χ0) is 22.4. The first-order valence-electron chi connectivity index (χ1n) is 10.4. The molecule has 0 aromatic heterocycles. The minimum Gasteiger partial charge on any atom is -0.326 e. The first-order chi connectivity index (χ1) is 14.8. The zero-order valence-corrected chi connectivity index (χ0v) is 18.0. The summed E-state index contributed by atoms with van der Waals surface area (Å²) in [5.74, 6) is -0.598. The van der Waals surface area contributed by atoms with Crippen molar-refractivity contribution >= 4 is 23.2 Å². The lowest BCUT2D eigenvalue weighted by Gasteiger charge is -2.14. The fourth-order valence-electron chi connectivity index (χ4n) is 3.29. The number of nitrogens with one attached hydrogen (secondary N) is 2. The molecule has 0 aliphatic rings. The third kappa shape index (κ3) is 6.25. The Bertz CT molecular complexity index is 1040. The number of amides is 2. The summed E-state index contributed by atoms with van der Waals surface area (Å²) in [6, 6.07) is 20.4. The van der Waals surface area contributed by atoms with Crippen LogP contribution in [-0.2, 0) is 11.2 Å². The average molecular weight is 419 g/mol. The number of halogens is 1. The van der Waals surface area contributed by atoms with E-state index >= 15 is 0 Å². The number of carbonyl (C=O) groups is 2. The Hall–Kier alpha value is -3.47. The van der Waals surface area contributed by atoms with E-state index in [1.807, 2.05) is 19.1 Å². The summed E-state index contributed by atoms with van der Waals surface area (Å²) >= 11 is 0. The van der Waals surface area contributed by atoms with E-state index in [2.05, 4.69) is 36.6 Å². The molecule has 0 aliphatic carbocycles. The minimum atomic E-state index is -0.369. The van der Waals surface area contributed by atoms with Gasteiger partial charge in [0.05, 0.1) is 5.92 Å². The molecule has 31 heavy (non-hydrogen) atoms. The molecule has 0 aliphatic heterocycles. The van der Waals surface area contributed by atoms with Crippen molar-refractivity contribution in [3.05, 3.63) is 95.3 Å². The van der Waals surface area contributed by atoms with Gasteiger partial charge in [0.1, 0.15) is 5.82 Å². The molecule has 0 saturated carbocycles. The van der Waals surface area contributed by atoms with E-state index in [0.29, 0.717) is 22.9 Å². The van der Waals surface area contributed by atoms with Crippen LogP contribution in [0.1, 0.15) is 48.2 Å². The Morgan fingerprint density at radius 2 is 1.52 bits per heavy atom. The standard InChI is InChI=1S/C26H27FN2O2/c1-17(2)15-19-7-9-20(10-8-19)18(3)25(30)29-24-6-4-5-21(16-24)26(31)28-23-13-11-22(27)12-14-23/h4-14,16-18H,15H2,1-3H3,(H,28,31)(H,29,30). The molecular weight excluding hydrogens is 391 g/mol. The van der Waals surface area contributed by atoms with Gasteiger partial charge in [0.25, 0.3) is 5.91 Å². The average Bonchev–Trinajstić information content (AvgIpc) is 2.75. The Morgan fingerprint density at radius 1 is 0.839 bits per heavy atom. The monoisotopic (exact) mass is 418 g/mol. The number of carbonyl (C=O) groups excluding carboxylic acids is 2. The molecule has 0 heterocycles. The molecule has 2 amide bonds. The molecule has 3 aromatic rings. The summed E-state index contributed by atoms with van der Waals surface area (Å²) in [6.45, 7) is 6.22. The van der Waals surface area contributed by atoms with Crippen LogP contribution in [-0.4, -0.2) is 11.8 Å². The Kier molecular flexibility index (Phi) is 7.19. The van der Waals surface area contributed by atoms with Gasteiger partial charge in [-0.25, -0.2) is 4.39 Å². The molecule has 4 nitrogen and oxygen atoms in total. The highest BCUT2D eigenvalue weighted by atomic mass is 19.1. The minimum absolute atomic E-state index is 0.146. The summed E-state index contributed by atoms with van der Waals surface area (Å²) in [4.78, 5) is 25.2. The largest absolute Gasteiger partial charge is 0.326 e. The van der Waals surface area contributed by atoms with Crippen molar-refractivity contribution in [2.24, 2.45) is 5.92 Å². The lowest BCUT2D eigenvalue weighted by atomic mass is 9.96. The zero-order valence-electron chi connectivity index (χ0n) is 18.0. The molecule has 2 N–H and O–H groups in total. The summed E-state index contributed by atoms with van der Waals surface area (Å²) in [5, 5.41) is 5.60. The smallest absolute Gasteiger partial charge is 0.255 e. The van der Waals surface area contributed by atoms with Gasteiger partial charge < -0.3 is 10.6 Å². The molecule has 160 valence electrons. The summed E-state index contributed by atoms with van der Waals surface area (Å²) in [6.07, 6.45) is 1.01. The fraction of sp³-hybridized carbons (Fsp3) is 0.231. The van der Waals surface area contributed by atoms with Crippen LogP contribution in [0.2, 0.25) is 0 Å². The molecule has 1 atom stereocenters. The highest BCUT2D eigenvalue weighted by Gasteiger charge is 2.16. The van der Waals surface area contributed by atoms with Gasteiger partial charge in [-0.05, 0) is 72.9 Å². The number of anilines is 2. The van der Waals surface area contributed by atoms with Crippen LogP contribution < -0.4 is 10.6 Å². The van der Waals surface area contributed by atoms with Gasteiger partial charge in [-0.2, -0.15) is 0 Å². The second-order valence-corrected chi connectivity index (χ2v) is 8.09. The fourth-order valence-corrected chi connectivity index (χ4v) is 3.29. The first-order valence-corrected chi connectivity index (χ1v) is 10.4. The number of hydrogen-bond donors (Lipinski definition) is 2. The maximum absolute atomic E-state index is 13.0. The van der Waals surface area contributed by atoms with E-state index in [1.165, 1.54) is 29.8 Å². The SMILES string of the molecule is CC(C)Cc1ccc(C(C)C(=O)Nc2cccc(C(=O)Nc3ccc(F)cc3)c2)cc1. The van der Waals surface area contributed by atoms with Crippen LogP contribution in [0.15, 0.2) is 72.8 Å². The van der Waals surface area contributed by atoms with Crippen LogP contribution in [0, 0.1) is 11.7 Å². The maximum atomic E-state index is 13.0. The lowest BCUT2D eigenvalue weighted by Crippen LogP contribution is -2.19. The van der Waals surface area contributed by atoms with Crippen LogP contribution in [0.25, 0.3) is 0 Å². The summed E-state index contributed by atoms with van der Waals surface area (Å²) in [5.41, 5.74) is 3.63. The molecule has 0 saturated heterocycles. The molecule has 0 radical (unpaired) electrons. The predicted molar refractivity (Wildman–Crippen MR) is 123 cm³/mol. The van der Waals surface area contributed by atoms with Crippen molar-refractivity contribution in [1.29, 1.82) is 0 Å². The van der Waals surface area contributed by atoms with Crippen LogP contribution in [0.4, 0.5) is 15.8 Å². The van der Waals surface area contributed by atoms with E-state index < -0.39 is 0 Å². The second kappa shape index (κ2) is 10.0. The van der Waals surface area contributed by atoms with Crippen molar-refractivity contribution < 1.29 is 14.0 Å². The van der Waals surface area contributed by atoms with Crippen molar-refractivity contribution in [2.45, 2.75) is 33.1 Å². The number of rotatable bonds is 7. The van der Waals surface area contributed by atoms with Crippen LogP contribution in [0.5, 0.6) is 0 Å². The molecule has 0 spiro atoms. The van der Waals surface area contributed by atoms with Gasteiger partial charge in [-0.15, -0.1) is 0 Å². The predicted octanol–water partition coefficient (Wildman–Crippen LogP) is 6.02. The maximum Gasteiger partial charge on any atom is 0.255 e. The molecule has 5 heteroatoms. The van der Waals surface area contributed by atoms with Gasteiger partial charge >= 0.3 is 0 Å². The molecule has 0 fully saturated rings. The number of benzene rings is 3. The van der Waals surface area contributed by atoms with E-state index in [9.17, 15) is 14.0 Å². The summed E-state index contributed by atoms with van der Waals surface area (Å²) < 4.78 is 13.0. The third-order valence-electron chi connectivity index (χ3n) is 5.01. The summed E-state index contributed by atoms with van der Waals surface area (Å²) in [7, 11) is 0. The van der Waals surface area contributed by atoms with Gasteiger partial charge in [-0.3, -0.25) is 9.59 Å². The van der Waals surface area contributed by atoms with Crippen molar-refractivity contribution in [3.63, 3.8) is 0 Å². The number of hydrogen-bond acceptors (Lipinski definition) is 2. The van der Waals surface area contributed by atoms with Crippen molar-refractivity contribution in [2.75, 3.05) is 10.6 Å². The Labute approximate surface area is 182 Å². The molecule has 3 aromatic carbocycles. The highest BCUT2D eigenvalue weighted by Crippen LogP contribution is 2.21. The Balaban J connectivity index is 1.64. The second-order valence-electron chi connectivity index (χ2n) is 8.09. The quantitative estimate of drug-likeness (QED) is 0.493. The lowest BCUT2D eigenvalue weighted by molar-refractivity contribution is -0.117. The Morgan fingerprint density at radius 3 is 2.16 bits per heavy atom. The normalized spacial score (nSPS) is 11.8. The van der Waals surface area contributed by atoms with Crippen LogP contribution in [0.3, 0.4) is 0 Å². The van der Waals surface area contributed by atoms with E-state index in [-0.39, 0.29) is 23.5 Å².